The molecule has 0 saturated carbocycles. The summed E-state index contributed by atoms with van der Waals surface area (Å²) < 4.78 is 5.91. The van der Waals surface area contributed by atoms with Crippen LogP contribution in [0.25, 0.3) is 0 Å². The van der Waals surface area contributed by atoms with Crippen LogP contribution in [-0.4, -0.2) is 18.6 Å². The average Bonchev–Trinajstić information content (AvgIpc) is 2.48. The predicted octanol–water partition coefficient (Wildman–Crippen LogP) is 3.09. The summed E-state index contributed by atoms with van der Waals surface area (Å²) in [4.78, 5) is 14.6. The fourth-order valence-corrected chi connectivity index (χ4v) is 2.63. The third-order valence-electron chi connectivity index (χ3n) is 3.90. The number of carbonyl (C=O) groups excluding carboxylic acids is 1. The van der Waals surface area contributed by atoms with Crippen molar-refractivity contribution in [3.05, 3.63) is 23.8 Å². The van der Waals surface area contributed by atoms with Gasteiger partial charge in [0.15, 0.2) is 6.10 Å². The van der Waals surface area contributed by atoms with Crippen LogP contribution >= 0.6 is 0 Å². The summed E-state index contributed by atoms with van der Waals surface area (Å²) in [6, 6.07) is 5.89. The highest BCUT2D eigenvalue weighted by atomic mass is 16.5. The zero-order valence-corrected chi connectivity index (χ0v) is 13.3. The van der Waals surface area contributed by atoms with E-state index >= 15 is 0 Å². The first-order valence-corrected chi connectivity index (χ1v) is 7.89. The number of hydrogen-bond donors (Lipinski definition) is 1. The molecule has 0 fully saturated rings. The molecule has 0 bridgehead atoms. The van der Waals surface area contributed by atoms with Crippen molar-refractivity contribution < 1.29 is 9.53 Å². The van der Waals surface area contributed by atoms with Crippen molar-refractivity contribution in [1.29, 1.82) is 0 Å². The molecule has 0 aliphatic carbocycles. The van der Waals surface area contributed by atoms with Crippen LogP contribution in [0.15, 0.2) is 18.2 Å². The van der Waals surface area contributed by atoms with E-state index in [0.717, 1.165) is 42.8 Å². The number of carbonyl (C=O) groups is 1. The molecule has 0 spiro atoms. The Kier molecular flexibility index (Phi) is 5.23. The molecule has 1 atom stereocenters. The second kappa shape index (κ2) is 6.94. The third kappa shape index (κ3) is 3.38. The van der Waals surface area contributed by atoms with Crippen LogP contribution in [0.2, 0.25) is 0 Å². The minimum absolute atomic E-state index is 0.0720. The van der Waals surface area contributed by atoms with Gasteiger partial charge >= 0.3 is 0 Å². The molecule has 1 aliphatic heterocycles. The summed E-state index contributed by atoms with van der Waals surface area (Å²) >= 11 is 0. The Bertz CT molecular complexity index is 500. The van der Waals surface area contributed by atoms with Crippen molar-refractivity contribution in [2.45, 2.75) is 52.7 Å². The van der Waals surface area contributed by atoms with Gasteiger partial charge in [0, 0.05) is 13.1 Å². The zero-order chi connectivity index (χ0) is 15.4. The minimum Gasteiger partial charge on any atom is -0.478 e. The Hall–Kier alpha value is -1.55. The summed E-state index contributed by atoms with van der Waals surface area (Å²) in [5.74, 6) is 1.03. The molecular formula is C17H26N2O2. The summed E-state index contributed by atoms with van der Waals surface area (Å²) in [7, 11) is 0. The molecule has 2 N–H and O–H groups in total. The number of nitrogens with two attached hydrogens (primary N) is 1. The molecule has 0 saturated heterocycles. The van der Waals surface area contributed by atoms with Gasteiger partial charge in [0.25, 0.3) is 5.91 Å². The van der Waals surface area contributed by atoms with E-state index in [1.807, 2.05) is 36.9 Å². The Balaban J connectivity index is 2.32. The van der Waals surface area contributed by atoms with E-state index < -0.39 is 0 Å². The lowest BCUT2D eigenvalue weighted by Gasteiger charge is -2.36. The Morgan fingerprint density at radius 1 is 1.33 bits per heavy atom. The second-order valence-electron chi connectivity index (χ2n) is 5.99. The molecule has 4 heteroatoms. The largest absolute Gasteiger partial charge is 0.478 e. The lowest BCUT2D eigenvalue weighted by atomic mass is 10.0. The van der Waals surface area contributed by atoms with Gasteiger partial charge in [0.2, 0.25) is 0 Å². The van der Waals surface area contributed by atoms with Gasteiger partial charge in [-0.2, -0.15) is 0 Å². The summed E-state index contributed by atoms with van der Waals surface area (Å²) in [6.07, 6.45) is 2.90. The van der Waals surface area contributed by atoms with Crippen LogP contribution in [0.5, 0.6) is 5.75 Å². The van der Waals surface area contributed by atoms with Crippen molar-refractivity contribution in [3.63, 3.8) is 0 Å². The van der Waals surface area contributed by atoms with Crippen molar-refractivity contribution in [2.24, 2.45) is 11.7 Å². The topological polar surface area (TPSA) is 55.6 Å². The Morgan fingerprint density at radius 2 is 2.10 bits per heavy atom. The van der Waals surface area contributed by atoms with Crippen LogP contribution < -0.4 is 15.4 Å². The third-order valence-corrected chi connectivity index (χ3v) is 3.90. The van der Waals surface area contributed by atoms with E-state index in [4.69, 9.17) is 10.5 Å². The number of nitrogens with zero attached hydrogens (tertiary/aromatic N) is 1. The highest BCUT2D eigenvalue weighted by Gasteiger charge is 2.35. The van der Waals surface area contributed by atoms with Crippen molar-refractivity contribution in [1.82, 2.24) is 0 Å². The molecule has 0 radical (unpaired) electrons. The van der Waals surface area contributed by atoms with Crippen LogP contribution in [0.3, 0.4) is 0 Å². The predicted molar refractivity (Wildman–Crippen MR) is 85.5 cm³/mol. The lowest BCUT2D eigenvalue weighted by Crippen LogP contribution is -2.48. The molecule has 116 valence electrons. The van der Waals surface area contributed by atoms with Gasteiger partial charge < -0.3 is 15.4 Å². The first-order valence-electron chi connectivity index (χ1n) is 7.89. The highest BCUT2D eigenvalue weighted by molar-refractivity contribution is 6.00. The molecule has 1 amide bonds. The Labute approximate surface area is 127 Å². The zero-order valence-electron chi connectivity index (χ0n) is 13.3. The van der Waals surface area contributed by atoms with Gasteiger partial charge in [-0.15, -0.1) is 0 Å². The maximum Gasteiger partial charge on any atom is 0.268 e. The van der Waals surface area contributed by atoms with E-state index in [-0.39, 0.29) is 17.9 Å². The number of fused-ring (bicyclic) bond motifs is 1. The maximum absolute atomic E-state index is 12.7. The van der Waals surface area contributed by atoms with Crippen molar-refractivity contribution in [3.8, 4) is 5.75 Å². The van der Waals surface area contributed by atoms with Gasteiger partial charge in [0.1, 0.15) is 5.75 Å². The highest BCUT2D eigenvalue weighted by Crippen LogP contribution is 2.36. The fraction of sp³-hybridized carbons (Fsp3) is 0.588. The average molecular weight is 290 g/mol. The second-order valence-corrected chi connectivity index (χ2v) is 5.99. The Morgan fingerprint density at radius 3 is 2.71 bits per heavy atom. The number of rotatable bonds is 6. The van der Waals surface area contributed by atoms with Gasteiger partial charge in [-0.25, -0.2) is 0 Å². The molecule has 0 aromatic heterocycles. The smallest absolute Gasteiger partial charge is 0.268 e. The molecule has 21 heavy (non-hydrogen) atoms. The maximum atomic E-state index is 12.7. The molecule has 1 aromatic carbocycles. The summed E-state index contributed by atoms with van der Waals surface area (Å²) in [5, 5.41) is 0. The molecule has 4 nitrogen and oxygen atoms in total. The molecular weight excluding hydrogens is 264 g/mol. The van der Waals surface area contributed by atoms with Crippen LogP contribution in [0.1, 0.15) is 45.6 Å². The number of hydrogen-bond acceptors (Lipinski definition) is 3. The molecule has 1 aromatic rings. The standard InChI is InChI=1S/C17H26N2O2/c1-4-5-6-9-19-14-10-13(11-18)7-8-15(14)21-16(12(2)3)17(19)20/h7-8,10,12,16H,4-6,9,11,18H2,1-3H3. The normalized spacial score (nSPS) is 17.9. The summed E-state index contributed by atoms with van der Waals surface area (Å²) in [5.41, 5.74) is 7.61. The number of unbranched alkanes of at least 4 members (excludes halogenated alkanes) is 2. The van der Waals surface area contributed by atoms with E-state index in [1.54, 1.807) is 0 Å². The van der Waals surface area contributed by atoms with Crippen LogP contribution in [-0.2, 0) is 11.3 Å². The van der Waals surface area contributed by atoms with Crippen molar-refractivity contribution in [2.75, 3.05) is 11.4 Å². The van der Waals surface area contributed by atoms with Gasteiger partial charge in [-0.05, 0) is 30.0 Å². The molecule has 1 aliphatic rings. The SMILES string of the molecule is CCCCCN1C(=O)C(C(C)C)Oc2ccc(CN)cc21. The van der Waals surface area contributed by atoms with Crippen LogP contribution in [0.4, 0.5) is 5.69 Å². The molecule has 1 unspecified atom stereocenters. The lowest BCUT2D eigenvalue weighted by molar-refractivity contribution is -0.128. The quantitative estimate of drug-likeness (QED) is 0.819. The van der Waals surface area contributed by atoms with Gasteiger partial charge in [-0.3, -0.25) is 4.79 Å². The van der Waals surface area contributed by atoms with Crippen molar-refractivity contribution >= 4 is 11.6 Å². The van der Waals surface area contributed by atoms with E-state index in [2.05, 4.69) is 6.92 Å². The molecule has 2 rings (SSSR count). The summed E-state index contributed by atoms with van der Waals surface area (Å²) in [6.45, 7) is 7.43. The van der Waals surface area contributed by atoms with Gasteiger partial charge in [-0.1, -0.05) is 39.7 Å². The number of amides is 1. The van der Waals surface area contributed by atoms with Crippen LogP contribution in [0, 0.1) is 5.92 Å². The van der Waals surface area contributed by atoms with Gasteiger partial charge in [0.05, 0.1) is 5.69 Å². The molecule has 1 heterocycles. The first-order chi connectivity index (χ1) is 10.1. The number of anilines is 1. The number of benzene rings is 1. The minimum atomic E-state index is -0.386. The fourth-order valence-electron chi connectivity index (χ4n) is 2.63. The number of ether oxygens (including phenoxy) is 1. The monoisotopic (exact) mass is 290 g/mol. The first kappa shape index (κ1) is 15.8. The van der Waals surface area contributed by atoms with E-state index in [9.17, 15) is 4.79 Å². The van der Waals surface area contributed by atoms with E-state index in [1.165, 1.54) is 0 Å². The van der Waals surface area contributed by atoms with E-state index in [0.29, 0.717) is 6.54 Å².